The van der Waals surface area contributed by atoms with Crippen molar-refractivity contribution in [3.8, 4) is 22.3 Å². The van der Waals surface area contributed by atoms with Gasteiger partial charge in [0.25, 0.3) is 0 Å². The zero-order valence-electron chi connectivity index (χ0n) is 26.2. The van der Waals surface area contributed by atoms with Gasteiger partial charge in [0.1, 0.15) is 0 Å². The molecule has 0 atom stereocenters. The van der Waals surface area contributed by atoms with Gasteiger partial charge in [0.15, 0.2) is 0 Å². The van der Waals surface area contributed by atoms with Gasteiger partial charge in [0, 0.05) is 37.6 Å². The molecule has 6 aromatic carbocycles. The largest absolute Gasteiger partial charge is 0.372 e. The number of hydrogen-bond acceptors (Lipinski definition) is 2. The van der Waals surface area contributed by atoms with Crippen molar-refractivity contribution in [1.82, 2.24) is 0 Å². The number of piperidine rings is 2. The number of anilines is 2. The number of hydrogen-bond donors (Lipinski definition) is 0. The smallest absolute Gasteiger partial charge is 0.0372 e. The molecule has 0 radical (unpaired) electrons. The van der Waals surface area contributed by atoms with Crippen molar-refractivity contribution in [2.75, 3.05) is 36.0 Å². The van der Waals surface area contributed by atoms with Crippen LogP contribution in [0.1, 0.15) is 49.7 Å². The summed E-state index contributed by atoms with van der Waals surface area (Å²) in [5.74, 6) is 0. The van der Waals surface area contributed by atoms with Crippen LogP contribution in [0.15, 0.2) is 97.1 Å². The Bertz CT molecular complexity index is 1980. The maximum Gasteiger partial charge on any atom is 0.0372 e. The average molecular weight is 575 g/mol. The Hall–Kier alpha value is -4.30. The van der Waals surface area contributed by atoms with Gasteiger partial charge >= 0.3 is 0 Å². The van der Waals surface area contributed by atoms with Crippen molar-refractivity contribution in [3.05, 3.63) is 108 Å². The average Bonchev–Trinajstić information content (AvgIpc) is 3.07. The van der Waals surface area contributed by atoms with E-state index in [9.17, 15) is 0 Å². The molecule has 0 aromatic heterocycles. The van der Waals surface area contributed by atoms with Gasteiger partial charge < -0.3 is 9.80 Å². The highest BCUT2D eigenvalue weighted by Gasteiger charge is 2.22. The SMILES string of the molecule is Cc1cc(C)cc(-c2c3cc(N4CCCCC4)ccc3c(-c3cccc4ccccc34)c3cc(N4CCCCC4)ccc23)c1. The Morgan fingerprint density at radius 3 is 1.61 bits per heavy atom. The summed E-state index contributed by atoms with van der Waals surface area (Å²) in [5.41, 5.74) is 10.7. The van der Waals surface area contributed by atoms with Gasteiger partial charge in [-0.3, -0.25) is 0 Å². The van der Waals surface area contributed by atoms with Crippen molar-refractivity contribution in [1.29, 1.82) is 0 Å². The van der Waals surface area contributed by atoms with Gasteiger partial charge in [-0.15, -0.1) is 0 Å². The van der Waals surface area contributed by atoms with Crippen molar-refractivity contribution < 1.29 is 0 Å². The van der Waals surface area contributed by atoms with Crippen LogP contribution in [0, 0.1) is 13.8 Å². The standard InChI is InChI=1S/C42H42N2/c1-29-24-30(2)26-32(25-29)41-37-18-16-34(44-22-9-4-10-23-44)28-40(37)42(36-15-11-13-31-12-5-6-14-35(31)36)38-19-17-33(27-39(38)41)43-20-7-3-8-21-43/h5-6,11-19,24-28H,3-4,7-10,20-23H2,1-2H3. The molecule has 0 aliphatic carbocycles. The molecule has 2 nitrogen and oxygen atoms in total. The highest BCUT2D eigenvalue weighted by atomic mass is 15.1. The van der Waals surface area contributed by atoms with Crippen molar-refractivity contribution in [2.45, 2.75) is 52.4 Å². The predicted molar refractivity (Wildman–Crippen MR) is 191 cm³/mol. The summed E-state index contributed by atoms with van der Waals surface area (Å²) in [6, 6.07) is 37.5. The van der Waals surface area contributed by atoms with Crippen LogP contribution in [-0.2, 0) is 0 Å². The Morgan fingerprint density at radius 2 is 0.977 bits per heavy atom. The first-order chi connectivity index (χ1) is 21.6. The van der Waals surface area contributed by atoms with E-state index in [1.807, 2.05) is 0 Å². The summed E-state index contributed by atoms with van der Waals surface area (Å²) in [6.45, 7) is 9.05. The van der Waals surface area contributed by atoms with Crippen LogP contribution in [0.5, 0.6) is 0 Å². The first kappa shape index (κ1) is 27.3. The monoisotopic (exact) mass is 574 g/mol. The van der Waals surface area contributed by atoms with E-state index in [1.165, 1.54) is 116 Å². The lowest BCUT2D eigenvalue weighted by atomic mass is 9.83. The predicted octanol–water partition coefficient (Wildman–Crippen LogP) is 11.1. The Labute approximate surface area is 261 Å². The molecule has 2 heteroatoms. The third kappa shape index (κ3) is 4.81. The third-order valence-corrected chi connectivity index (χ3v) is 10.1. The van der Waals surface area contributed by atoms with Crippen molar-refractivity contribution in [2.24, 2.45) is 0 Å². The van der Waals surface area contributed by atoms with E-state index in [1.54, 1.807) is 0 Å². The molecule has 0 unspecified atom stereocenters. The molecule has 0 amide bonds. The zero-order valence-corrected chi connectivity index (χ0v) is 26.2. The van der Waals surface area contributed by atoms with E-state index in [2.05, 4.69) is 121 Å². The lowest BCUT2D eigenvalue weighted by molar-refractivity contribution is 0.578. The molecule has 2 fully saturated rings. The van der Waals surface area contributed by atoms with Crippen LogP contribution in [-0.4, -0.2) is 26.2 Å². The molecule has 2 saturated heterocycles. The Morgan fingerprint density at radius 1 is 0.432 bits per heavy atom. The van der Waals surface area contributed by atoms with Crippen molar-refractivity contribution in [3.63, 3.8) is 0 Å². The van der Waals surface area contributed by atoms with Crippen LogP contribution in [0.4, 0.5) is 11.4 Å². The number of nitrogens with zero attached hydrogens (tertiary/aromatic N) is 2. The lowest BCUT2D eigenvalue weighted by Crippen LogP contribution is -2.29. The van der Waals surface area contributed by atoms with Crippen LogP contribution in [0.2, 0.25) is 0 Å². The second-order valence-electron chi connectivity index (χ2n) is 13.2. The maximum absolute atomic E-state index is 2.61. The summed E-state index contributed by atoms with van der Waals surface area (Å²) < 4.78 is 0. The van der Waals surface area contributed by atoms with Crippen LogP contribution in [0.25, 0.3) is 54.6 Å². The summed E-state index contributed by atoms with van der Waals surface area (Å²) >= 11 is 0. The summed E-state index contributed by atoms with van der Waals surface area (Å²) in [4.78, 5) is 5.21. The molecule has 44 heavy (non-hydrogen) atoms. The molecule has 2 heterocycles. The zero-order chi connectivity index (χ0) is 29.6. The molecular formula is C42H42N2. The summed E-state index contributed by atoms with van der Waals surface area (Å²) in [6.07, 6.45) is 7.79. The summed E-state index contributed by atoms with van der Waals surface area (Å²) in [7, 11) is 0. The van der Waals surface area contributed by atoms with Crippen molar-refractivity contribution >= 4 is 43.7 Å². The molecule has 2 aliphatic rings. The van der Waals surface area contributed by atoms with E-state index in [-0.39, 0.29) is 0 Å². The molecule has 220 valence electrons. The summed E-state index contributed by atoms with van der Waals surface area (Å²) in [5, 5.41) is 8.03. The minimum atomic E-state index is 1.14. The highest BCUT2D eigenvalue weighted by Crippen LogP contribution is 2.47. The Kier molecular flexibility index (Phi) is 7.02. The topological polar surface area (TPSA) is 6.48 Å². The van der Waals surface area contributed by atoms with Gasteiger partial charge in [-0.25, -0.2) is 0 Å². The Balaban J connectivity index is 1.51. The fourth-order valence-electron chi connectivity index (χ4n) is 8.07. The molecule has 0 bridgehead atoms. The van der Waals surface area contributed by atoms with E-state index >= 15 is 0 Å². The number of fused-ring (bicyclic) bond motifs is 3. The number of aryl methyl sites for hydroxylation is 2. The second kappa shape index (κ2) is 11.3. The van der Waals surface area contributed by atoms with E-state index in [0.717, 1.165) is 26.2 Å². The first-order valence-corrected chi connectivity index (χ1v) is 16.7. The maximum atomic E-state index is 2.61. The minimum absolute atomic E-state index is 1.14. The molecular weight excluding hydrogens is 532 g/mol. The van der Waals surface area contributed by atoms with Crippen LogP contribution in [0.3, 0.4) is 0 Å². The number of rotatable bonds is 4. The van der Waals surface area contributed by atoms with Gasteiger partial charge in [-0.05, 0) is 131 Å². The van der Waals surface area contributed by atoms with E-state index in [0.29, 0.717) is 0 Å². The minimum Gasteiger partial charge on any atom is -0.372 e. The van der Waals surface area contributed by atoms with Gasteiger partial charge in [-0.1, -0.05) is 83.9 Å². The molecule has 6 aromatic rings. The normalized spacial score (nSPS) is 15.9. The van der Waals surface area contributed by atoms with Gasteiger partial charge in [0.05, 0.1) is 0 Å². The van der Waals surface area contributed by atoms with Crippen LogP contribution < -0.4 is 9.80 Å². The molecule has 0 spiro atoms. The van der Waals surface area contributed by atoms with Gasteiger partial charge in [-0.2, -0.15) is 0 Å². The lowest BCUT2D eigenvalue weighted by Gasteiger charge is -2.30. The van der Waals surface area contributed by atoms with E-state index in [4.69, 9.17) is 0 Å². The number of benzene rings is 6. The molecule has 0 N–H and O–H groups in total. The molecule has 8 rings (SSSR count). The van der Waals surface area contributed by atoms with Crippen LogP contribution >= 0.6 is 0 Å². The third-order valence-electron chi connectivity index (χ3n) is 10.1. The second-order valence-corrected chi connectivity index (χ2v) is 13.2. The van der Waals surface area contributed by atoms with Gasteiger partial charge in [0.2, 0.25) is 0 Å². The van der Waals surface area contributed by atoms with E-state index < -0.39 is 0 Å². The highest BCUT2D eigenvalue weighted by molar-refractivity contribution is 6.24. The fourth-order valence-corrected chi connectivity index (χ4v) is 8.07. The molecule has 2 aliphatic heterocycles. The quantitative estimate of drug-likeness (QED) is 0.193. The first-order valence-electron chi connectivity index (χ1n) is 16.7. The molecule has 0 saturated carbocycles. The fraction of sp³-hybridized carbons (Fsp3) is 0.286.